The molecule has 1 saturated heterocycles. The Morgan fingerprint density at radius 3 is 2.69 bits per heavy atom. The van der Waals surface area contributed by atoms with E-state index in [1.165, 1.54) is 28.6 Å². The van der Waals surface area contributed by atoms with Crippen molar-refractivity contribution in [2.45, 2.75) is 12.6 Å². The van der Waals surface area contributed by atoms with Gasteiger partial charge in [0.05, 0.1) is 6.20 Å². The Balaban J connectivity index is 1.88. The number of hydrogen-bond acceptors (Lipinski definition) is 4. The molecule has 0 aromatic carbocycles. The lowest BCUT2D eigenvalue weighted by molar-refractivity contribution is 0.274. The van der Waals surface area contributed by atoms with Gasteiger partial charge in [0, 0.05) is 54.4 Å². The molecule has 1 aliphatic heterocycles. The minimum atomic E-state index is 0.706. The Morgan fingerprint density at radius 2 is 2.12 bits per heavy atom. The summed E-state index contributed by atoms with van der Waals surface area (Å²) in [5.74, 6) is 5.15. The first-order valence-electron chi connectivity index (χ1n) is 5.59. The molecule has 2 heterocycles. The van der Waals surface area contributed by atoms with Crippen molar-refractivity contribution < 1.29 is 0 Å². The SMILES string of the molecule is CN(Cc1cnn(C)c1)C1CSCCSC1. The van der Waals surface area contributed by atoms with Crippen LogP contribution in [0.1, 0.15) is 5.56 Å². The highest BCUT2D eigenvalue weighted by Gasteiger charge is 2.17. The standard InChI is InChI=1S/C11H19N3S2/c1-13(6-10-5-12-14(2)7-10)11-8-15-3-4-16-9-11/h5,7,11H,3-4,6,8-9H2,1-2H3. The fourth-order valence-corrected chi connectivity index (χ4v) is 4.54. The van der Waals surface area contributed by atoms with Gasteiger partial charge in [-0.25, -0.2) is 0 Å². The molecule has 1 fully saturated rings. The summed E-state index contributed by atoms with van der Waals surface area (Å²) in [5.41, 5.74) is 1.31. The van der Waals surface area contributed by atoms with Crippen molar-refractivity contribution in [3.05, 3.63) is 18.0 Å². The molecule has 2 rings (SSSR count). The number of rotatable bonds is 3. The second kappa shape index (κ2) is 5.98. The second-order valence-corrected chi connectivity index (χ2v) is 6.54. The largest absolute Gasteiger partial charge is 0.297 e. The molecule has 0 bridgehead atoms. The second-order valence-electron chi connectivity index (χ2n) is 4.24. The molecule has 0 unspecified atom stereocenters. The summed E-state index contributed by atoms with van der Waals surface area (Å²) < 4.78 is 1.87. The van der Waals surface area contributed by atoms with Crippen LogP contribution in [-0.4, -0.2) is 50.8 Å². The van der Waals surface area contributed by atoms with E-state index in [2.05, 4.69) is 46.8 Å². The molecule has 1 aromatic rings. The van der Waals surface area contributed by atoms with Crippen LogP contribution >= 0.6 is 23.5 Å². The van der Waals surface area contributed by atoms with Crippen molar-refractivity contribution in [2.24, 2.45) is 7.05 Å². The molecule has 1 aliphatic rings. The topological polar surface area (TPSA) is 21.1 Å². The number of hydrogen-bond donors (Lipinski definition) is 0. The summed E-state index contributed by atoms with van der Waals surface area (Å²) in [6.07, 6.45) is 4.07. The van der Waals surface area contributed by atoms with E-state index in [4.69, 9.17) is 0 Å². The number of thioether (sulfide) groups is 2. The Bertz CT molecular complexity index is 319. The van der Waals surface area contributed by atoms with Gasteiger partial charge >= 0.3 is 0 Å². The van der Waals surface area contributed by atoms with Gasteiger partial charge in [-0.05, 0) is 7.05 Å². The molecule has 0 saturated carbocycles. The normalized spacial score (nSPS) is 18.9. The first kappa shape index (κ1) is 12.3. The Morgan fingerprint density at radius 1 is 1.44 bits per heavy atom. The molecule has 3 nitrogen and oxygen atoms in total. The van der Waals surface area contributed by atoms with E-state index in [9.17, 15) is 0 Å². The van der Waals surface area contributed by atoms with Crippen LogP contribution in [0.25, 0.3) is 0 Å². The molecular formula is C11H19N3S2. The molecule has 1 aromatic heterocycles. The van der Waals surface area contributed by atoms with E-state index in [0.29, 0.717) is 6.04 Å². The maximum atomic E-state index is 4.21. The Kier molecular flexibility index (Phi) is 4.61. The average Bonchev–Trinajstić information content (AvgIpc) is 2.56. The highest BCUT2D eigenvalue weighted by Crippen LogP contribution is 2.20. The first-order chi connectivity index (χ1) is 7.75. The van der Waals surface area contributed by atoms with Gasteiger partial charge in [-0.1, -0.05) is 0 Å². The molecular weight excluding hydrogens is 238 g/mol. The molecule has 16 heavy (non-hydrogen) atoms. The van der Waals surface area contributed by atoms with Crippen LogP contribution in [-0.2, 0) is 13.6 Å². The van der Waals surface area contributed by atoms with Crippen LogP contribution in [0, 0.1) is 0 Å². The summed E-state index contributed by atoms with van der Waals surface area (Å²) in [7, 11) is 4.20. The van der Waals surface area contributed by atoms with E-state index >= 15 is 0 Å². The predicted octanol–water partition coefficient (Wildman–Crippen LogP) is 1.70. The summed E-state index contributed by atoms with van der Waals surface area (Å²) >= 11 is 4.17. The van der Waals surface area contributed by atoms with Gasteiger partial charge in [-0.2, -0.15) is 28.6 Å². The monoisotopic (exact) mass is 257 g/mol. The third kappa shape index (κ3) is 3.43. The average molecular weight is 257 g/mol. The zero-order chi connectivity index (χ0) is 11.4. The third-order valence-corrected chi connectivity index (χ3v) is 5.29. The van der Waals surface area contributed by atoms with Gasteiger partial charge in [0.2, 0.25) is 0 Å². The van der Waals surface area contributed by atoms with Crippen molar-refractivity contribution in [1.82, 2.24) is 14.7 Å². The van der Waals surface area contributed by atoms with Gasteiger partial charge in [0.1, 0.15) is 0 Å². The minimum Gasteiger partial charge on any atom is -0.297 e. The van der Waals surface area contributed by atoms with E-state index in [0.717, 1.165) is 6.54 Å². The van der Waals surface area contributed by atoms with Gasteiger partial charge in [0.15, 0.2) is 0 Å². The maximum Gasteiger partial charge on any atom is 0.0534 e. The number of aryl methyl sites for hydroxylation is 1. The van der Waals surface area contributed by atoms with Crippen molar-refractivity contribution in [1.29, 1.82) is 0 Å². The van der Waals surface area contributed by atoms with Gasteiger partial charge in [0.25, 0.3) is 0 Å². The van der Waals surface area contributed by atoms with Crippen LogP contribution in [0.15, 0.2) is 12.4 Å². The molecule has 0 aliphatic carbocycles. The van der Waals surface area contributed by atoms with Crippen molar-refractivity contribution in [2.75, 3.05) is 30.1 Å². The number of nitrogens with zero attached hydrogens (tertiary/aromatic N) is 3. The van der Waals surface area contributed by atoms with E-state index in [1.54, 1.807) is 0 Å². The molecule has 0 amide bonds. The molecule has 5 heteroatoms. The summed E-state index contributed by atoms with van der Waals surface area (Å²) in [4.78, 5) is 2.46. The molecule has 0 spiro atoms. The van der Waals surface area contributed by atoms with E-state index in [1.807, 2.05) is 17.9 Å². The van der Waals surface area contributed by atoms with Crippen molar-refractivity contribution >= 4 is 23.5 Å². The minimum absolute atomic E-state index is 0.706. The van der Waals surface area contributed by atoms with Crippen LogP contribution in [0.4, 0.5) is 0 Å². The van der Waals surface area contributed by atoms with Crippen LogP contribution in [0.5, 0.6) is 0 Å². The predicted molar refractivity (Wildman–Crippen MR) is 73.1 cm³/mol. The fraction of sp³-hybridized carbons (Fsp3) is 0.727. The van der Waals surface area contributed by atoms with Crippen molar-refractivity contribution in [3.63, 3.8) is 0 Å². The van der Waals surface area contributed by atoms with E-state index in [-0.39, 0.29) is 0 Å². The number of aromatic nitrogens is 2. The van der Waals surface area contributed by atoms with Crippen LogP contribution in [0.3, 0.4) is 0 Å². The Hall–Kier alpha value is -0.130. The summed E-state index contributed by atoms with van der Waals surface area (Å²) in [5, 5.41) is 4.21. The zero-order valence-corrected chi connectivity index (χ0v) is 11.6. The fourth-order valence-electron chi connectivity index (χ4n) is 1.83. The maximum absolute atomic E-state index is 4.21. The quantitative estimate of drug-likeness (QED) is 0.821. The summed E-state index contributed by atoms with van der Waals surface area (Å²) in [6, 6.07) is 0.706. The van der Waals surface area contributed by atoms with Crippen LogP contribution in [0.2, 0.25) is 0 Å². The van der Waals surface area contributed by atoms with Gasteiger partial charge in [-0.3, -0.25) is 9.58 Å². The Labute approximate surface area is 106 Å². The van der Waals surface area contributed by atoms with Crippen molar-refractivity contribution in [3.8, 4) is 0 Å². The van der Waals surface area contributed by atoms with Crippen LogP contribution < -0.4 is 0 Å². The smallest absolute Gasteiger partial charge is 0.0534 e. The lowest BCUT2D eigenvalue weighted by Crippen LogP contribution is -2.34. The molecule has 90 valence electrons. The highest BCUT2D eigenvalue weighted by atomic mass is 32.2. The van der Waals surface area contributed by atoms with Gasteiger partial charge < -0.3 is 0 Å². The third-order valence-electron chi connectivity index (χ3n) is 2.81. The lowest BCUT2D eigenvalue weighted by Gasteiger charge is -2.25. The molecule has 0 atom stereocenters. The van der Waals surface area contributed by atoms with Gasteiger partial charge in [-0.15, -0.1) is 0 Å². The zero-order valence-electron chi connectivity index (χ0n) is 9.93. The summed E-state index contributed by atoms with van der Waals surface area (Å²) in [6.45, 7) is 1.01. The highest BCUT2D eigenvalue weighted by molar-refractivity contribution is 8.03. The molecule has 0 N–H and O–H groups in total. The van der Waals surface area contributed by atoms with E-state index < -0.39 is 0 Å². The lowest BCUT2D eigenvalue weighted by atomic mass is 10.3. The first-order valence-corrected chi connectivity index (χ1v) is 7.90. The molecule has 0 radical (unpaired) electrons.